The number of imide groups is 1. The van der Waals surface area contributed by atoms with E-state index < -0.39 is 17.5 Å². The number of carbonyl (C=O) groups is 3. The van der Waals surface area contributed by atoms with Gasteiger partial charge in [-0.2, -0.15) is 0 Å². The fourth-order valence-corrected chi connectivity index (χ4v) is 7.68. The standard InChI is InChI=1S/C26H33N3O5/c1-15(26-11-16-7-17(12-26)9-18(8-16)13-26)27-22(30)14-29-23(31)25(2,28-24(29)32)19-3-4-20-21(10-19)34-6-5-33-20/h3-4,10,15-18H,5-9,11-14H2,1-2H3,(H,27,30)(H,28,32)/t15-,16?,17?,18?,25+,26?/m0/s1. The number of hydrogen-bond donors (Lipinski definition) is 2. The number of ether oxygens (including phenoxy) is 2. The number of benzene rings is 1. The van der Waals surface area contributed by atoms with Crippen LogP contribution in [-0.2, 0) is 15.1 Å². The van der Waals surface area contributed by atoms with E-state index >= 15 is 0 Å². The second-order valence-corrected chi connectivity index (χ2v) is 11.4. The Balaban J connectivity index is 1.14. The molecule has 4 bridgehead atoms. The maximum absolute atomic E-state index is 13.3. The molecule has 0 aromatic heterocycles. The van der Waals surface area contributed by atoms with Gasteiger partial charge in [0.2, 0.25) is 5.91 Å². The third kappa shape index (κ3) is 3.36. The van der Waals surface area contributed by atoms with Crippen molar-refractivity contribution < 1.29 is 23.9 Å². The van der Waals surface area contributed by atoms with Gasteiger partial charge >= 0.3 is 6.03 Å². The molecule has 4 saturated carbocycles. The Hall–Kier alpha value is -2.77. The number of carbonyl (C=O) groups excluding carboxylic acids is 3. The van der Waals surface area contributed by atoms with Crippen molar-refractivity contribution in [1.29, 1.82) is 0 Å². The molecule has 2 heterocycles. The predicted molar refractivity (Wildman–Crippen MR) is 123 cm³/mol. The van der Waals surface area contributed by atoms with Gasteiger partial charge in [-0.25, -0.2) is 4.79 Å². The highest BCUT2D eigenvalue weighted by molar-refractivity contribution is 6.09. The molecule has 5 fully saturated rings. The van der Waals surface area contributed by atoms with Crippen molar-refractivity contribution in [3.8, 4) is 11.5 Å². The quantitative estimate of drug-likeness (QED) is 0.649. The van der Waals surface area contributed by atoms with Crippen LogP contribution in [0.4, 0.5) is 4.79 Å². The number of rotatable bonds is 5. The number of urea groups is 1. The van der Waals surface area contributed by atoms with Crippen molar-refractivity contribution in [2.75, 3.05) is 19.8 Å². The first kappa shape index (κ1) is 21.7. The highest BCUT2D eigenvalue weighted by Gasteiger charge is 2.54. The first-order valence-electron chi connectivity index (χ1n) is 12.6. The first-order valence-corrected chi connectivity index (χ1v) is 12.6. The molecule has 0 spiro atoms. The molecule has 0 unspecified atom stereocenters. The number of fused-ring (bicyclic) bond motifs is 1. The normalized spacial score (nSPS) is 36.4. The Morgan fingerprint density at radius 3 is 2.35 bits per heavy atom. The smallest absolute Gasteiger partial charge is 0.325 e. The Kier molecular flexibility index (Phi) is 4.87. The van der Waals surface area contributed by atoms with Gasteiger partial charge in [-0.05, 0) is 93.2 Å². The molecule has 2 atom stereocenters. The molecule has 8 nitrogen and oxygen atoms in total. The van der Waals surface area contributed by atoms with Crippen LogP contribution in [0.1, 0.15) is 57.9 Å². The van der Waals surface area contributed by atoms with Gasteiger partial charge in [0.25, 0.3) is 5.91 Å². The highest BCUT2D eigenvalue weighted by atomic mass is 16.6. The van der Waals surface area contributed by atoms with Crippen LogP contribution >= 0.6 is 0 Å². The van der Waals surface area contributed by atoms with Gasteiger partial charge in [0, 0.05) is 6.04 Å². The molecular weight excluding hydrogens is 434 g/mol. The predicted octanol–water partition coefficient (Wildman–Crippen LogP) is 2.95. The van der Waals surface area contributed by atoms with Gasteiger partial charge in [0.15, 0.2) is 11.5 Å². The Bertz CT molecular complexity index is 1020. The molecule has 1 aromatic carbocycles. The lowest BCUT2D eigenvalue weighted by Crippen LogP contribution is -2.57. The molecule has 182 valence electrons. The van der Waals surface area contributed by atoms with E-state index in [0.29, 0.717) is 30.3 Å². The van der Waals surface area contributed by atoms with Crippen LogP contribution in [0, 0.1) is 23.2 Å². The maximum atomic E-state index is 13.3. The first-order chi connectivity index (χ1) is 16.3. The summed E-state index contributed by atoms with van der Waals surface area (Å²) in [4.78, 5) is 40.1. The summed E-state index contributed by atoms with van der Waals surface area (Å²) < 4.78 is 11.2. The van der Waals surface area contributed by atoms with Gasteiger partial charge < -0.3 is 20.1 Å². The minimum absolute atomic E-state index is 0.0401. The van der Waals surface area contributed by atoms with Crippen LogP contribution in [0.5, 0.6) is 11.5 Å². The van der Waals surface area contributed by atoms with E-state index in [1.165, 1.54) is 38.5 Å². The average molecular weight is 468 g/mol. The van der Waals surface area contributed by atoms with Crippen LogP contribution < -0.4 is 20.1 Å². The van der Waals surface area contributed by atoms with Crippen LogP contribution in [-0.4, -0.2) is 48.5 Å². The third-order valence-electron chi connectivity index (χ3n) is 9.08. The summed E-state index contributed by atoms with van der Waals surface area (Å²) in [6.07, 6.45) is 7.60. The molecule has 4 amide bonds. The van der Waals surface area contributed by atoms with E-state index in [1.807, 2.05) is 0 Å². The van der Waals surface area contributed by atoms with Crippen molar-refractivity contribution in [1.82, 2.24) is 15.5 Å². The fraction of sp³-hybridized carbons (Fsp3) is 0.654. The molecule has 2 aliphatic heterocycles. The lowest BCUT2D eigenvalue weighted by molar-refractivity contribution is -0.136. The maximum Gasteiger partial charge on any atom is 0.325 e. The minimum Gasteiger partial charge on any atom is -0.486 e. The SMILES string of the molecule is C[C@H](NC(=O)CN1C(=O)N[C@](C)(c2ccc3c(c2)OCCO3)C1=O)C12CC3CC(CC(C3)C1)C2. The largest absolute Gasteiger partial charge is 0.486 e. The average Bonchev–Trinajstić information content (AvgIpc) is 3.01. The summed E-state index contributed by atoms with van der Waals surface area (Å²) in [5, 5.41) is 5.95. The van der Waals surface area contributed by atoms with Crippen LogP contribution in [0.25, 0.3) is 0 Å². The zero-order valence-corrected chi connectivity index (χ0v) is 19.9. The van der Waals surface area contributed by atoms with E-state index in [-0.39, 0.29) is 23.9 Å². The van der Waals surface area contributed by atoms with Gasteiger partial charge in [0.1, 0.15) is 25.3 Å². The van der Waals surface area contributed by atoms with E-state index in [0.717, 1.165) is 22.7 Å². The molecule has 34 heavy (non-hydrogen) atoms. The van der Waals surface area contributed by atoms with Crippen LogP contribution in [0.2, 0.25) is 0 Å². The molecule has 6 aliphatic rings. The van der Waals surface area contributed by atoms with Gasteiger partial charge in [-0.15, -0.1) is 0 Å². The Morgan fingerprint density at radius 1 is 1.09 bits per heavy atom. The molecule has 7 rings (SSSR count). The number of nitrogens with one attached hydrogen (secondary N) is 2. The molecule has 1 aromatic rings. The lowest BCUT2D eigenvalue weighted by Gasteiger charge is -2.59. The molecule has 1 saturated heterocycles. The second-order valence-electron chi connectivity index (χ2n) is 11.4. The van der Waals surface area contributed by atoms with E-state index in [4.69, 9.17) is 9.47 Å². The van der Waals surface area contributed by atoms with Crippen molar-refractivity contribution in [3.05, 3.63) is 23.8 Å². The van der Waals surface area contributed by atoms with Crippen molar-refractivity contribution in [3.63, 3.8) is 0 Å². The number of hydrogen-bond acceptors (Lipinski definition) is 5. The van der Waals surface area contributed by atoms with E-state index in [9.17, 15) is 14.4 Å². The summed E-state index contributed by atoms with van der Waals surface area (Å²) in [7, 11) is 0. The Morgan fingerprint density at radius 2 is 1.71 bits per heavy atom. The topological polar surface area (TPSA) is 97.0 Å². The highest BCUT2D eigenvalue weighted by Crippen LogP contribution is 2.61. The fourth-order valence-electron chi connectivity index (χ4n) is 7.68. The summed E-state index contributed by atoms with van der Waals surface area (Å²) in [5.41, 5.74) is -0.500. The molecule has 0 radical (unpaired) electrons. The van der Waals surface area contributed by atoms with E-state index in [2.05, 4.69) is 17.6 Å². The van der Waals surface area contributed by atoms with Crippen molar-refractivity contribution >= 4 is 17.8 Å². The van der Waals surface area contributed by atoms with E-state index in [1.54, 1.807) is 25.1 Å². The molecule has 2 N–H and O–H groups in total. The molecule has 4 aliphatic carbocycles. The minimum atomic E-state index is -1.27. The second kappa shape index (κ2) is 7.62. The zero-order valence-electron chi connectivity index (χ0n) is 19.9. The van der Waals surface area contributed by atoms with Crippen LogP contribution in [0.15, 0.2) is 18.2 Å². The van der Waals surface area contributed by atoms with Gasteiger partial charge in [-0.1, -0.05) is 6.07 Å². The summed E-state index contributed by atoms with van der Waals surface area (Å²) >= 11 is 0. The van der Waals surface area contributed by atoms with Crippen LogP contribution in [0.3, 0.4) is 0 Å². The van der Waals surface area contributed by atoms with Gasteiger partial charge in [-0.3, -0.25) is 14.5 Å². The summed E-state index contributed by atoms with van der Waals surface area (Å²) in [6.45, 7) is 4.40. The zero-order chi connectivity index (χ0) is 23.7. The van der Waals surface area contributed by atoms with Crippen molar-refractivity contribution in [2.45, 2.75) is 64.0 Å². The monoisotopic (exact) mass is 467 g/mol. The number of amides is 4. The molecule has 8 heteroatoms. The molecular formula is C26H33N3O5. The summed E-state index contributed by atoms with van der Waals surface area (Å²) in [6, 6.07) is 4.71. The van der Waals surface area contributed by atoms with Crippen molar-refractivity contribution in [2.24, 2.45) is 23.2 Å². The number of nitrogens with zero attached hydrogens (tertiary/aromatic N) is 1. The van der Waals surface area contributed by atoms with Gasteiger partial charge in [0.05, 0.1) is 0 Å². The Labute approximate surface area is 199 Å². The third-order valence-corrected chi connectivity index (χ3v) is 9.08. The summed E-state index contributed by atoms with van der Waals surface area (Å²) in [5.74, 6) is 2.83. The lowest BCUT2D eigenvalue weighted by atomic mass is 9.48.